The molecule has 0 unspecified atom stereocenters. The Morgan fingerprint density at radius 1 is 0.903 bits per heavy atom. The van der Waals surface area contributed by atoms with Crippen LogP contribution in [-0.4, -0.2) is 62.7 Å². The standard InChI is InChI=1S/C25H32N6/c1-25(2,3)31-24(26-27-28-31)23(22-14-8-5-9-15-22)30-19-17-29(18-20-30)16-10-13-21-11-6-4-7-12-21/h4-15,23H,16-20H2,1-3H3/b13-10+/t23-/m0/s1. The molecule has 1 fully saturated rings. The third kappa shape index (κ3) is 5.27. The Labute approximate surface area is 185 Å². The van der Waals surface area contributed by atoms with Gasteiger partial charge in [0.15, 0.2) is 5.82 Å². The molecule has 1 aliphatic heterocycles. The van der Waals surface area contributed by atoms with Crippen LogP contribution in [0.3, 0.4) is 0 Å². The summed E-state index contributed by atoms with van der Waals surface area (Å²) in [6.45, 7) is 11.4. The largest absolute Gasteiger partial charge is 0.297 e. The lowest BCUT2D eigenvalue weighted by molar-refractivity contribution is 0.110. The molecule has 4 rings (SSSR count). The van der Waals surface area contributed by atoms with Gasteiger partial charge in [-0.05, 0) is 42.3 Å². The molecule has 1 saturated heterocycles. The minimum atomic E-state index is -0.171. The van der Waals surface area contributed by atoms with Crippen molar-refractivity contribution in [2.24, 2.45) is 0 Å². The van der Waals surface area contributed by atoms with Crippen molar-refractivity contribution in [2.45, 2.75) is 32.4 Å². The molecule has 0 amide bonds. The number of tetrazole rings is 1. The second-order valence-electron chi connectivity index (χ2n) is 9.08. The smallest absolute Gasteiger partial charge is 0.173 e. The van der Waals surface area contributed by atoms with Crippen LogP contribution in [0.4, 0.5) is 0 Å². The topological polar surface area (TPSA) is 50.1 Å². The molecule has 1 atom stereocenters. The van der Waals surface area contributed by atoms with Crippen molar-refractivity contribution in [1.29, 1.82) is 0 Å². The number of piperazine rings is 1. The van der Waals surface area contributed by atoms with Gasteiger partial charge < -0.3 is 0 Å². The second kappa shape index (κ2) is 9.54. The van der Waals surface area contributed by atoms with E-state index in [-0.39, 0.29) is 11.6 Å². The summed E-state index contributed by atoms with van der Waals surface area (Å²) < 4.78 is 1.97. The van der Waals surface area contributed by atoms with Gasteiger partial charge in [0.1, 0.15) is 0 Å². The fraction of sp³-hybridized carbons (Fsp3) is 0.400. The van der Waals surface area contributed by atoms with Gasteiger partial charge in [0.2, 0.25) is 0 Å². The van der Waals surface area contributed by atoms with E-state index < -0.39 is 0 Å². The summed E-state index contributed by atoms with van der Waals surface area (Å²) in [6.07, 6.45) is 4.47. The highest BCUT2D eigenvalue weighted by molar-refractivity contribution is 5.48. The van der Waals surface area contributed by atoms with Gasteiger partial charge in [-0.15, -0.1) is 5.10 Å². The Bertz CT molecular complexity index is 966. The van der Waals surface area contributed by atoms with E-state index in [0.717, 1.165) is 38.5 Å². The van der Waals surface area contributed by atoms with Crippen LogP contribution in [0.15, 0.2) is 66.7 Å². The van der Waals surface area contributed by atoms with Crippen molar-refractivity contribution in [3.63, 3.8) is 0 Å². The fourth-order valence-corrected chi connectivity index (χ4v) is 4.11. The molecule has 1 aromatic heterocycles. The molecule has 162 valence electrons. The maximum absolute atomic E-state index is 4.47. The molecule has 1 aliphatic rings. The van der Waals surface area contributed by atoms with Gasteiger partial charge in [-0.2, -0.15) is 0 Å². The first-order valence-corrected chi connectivity index (χ1v) is 11.0. The van der Waals surface area contributed by atoms with E-state index in [1.165, 1.54) is 11.1 Å². The summed E-state index contributed by atoms with van der Waals surface area (Å²) in [5, 5.41) is 12.8. The van der Waals surface area contributed by atoms with Crippen LogP contribution in [-0.2, 0) is 5.54 Å². The van der Waals surface area contributed by atoms with Gasteiger partial charge >= 0.3 is 0 Å². The predicted molar refractivity (Wildman–Crippen MR) is 125 cm³/mol. The van der Waals surface area contributed by atoms with Gasteiger partial charge in [0.05, 0.1) is 11.6 Å². The SMILES string of the molecule is CC(C)(C)n1nnnc1[C@H](c1ccccc1)N1CCN(C/C=C/c2ccccc2)CC1. The number of aromatic nitrogens is 4. The average molecular weight is 417 g/mol. The molecule has 0 N–H and O–H groups in total. The lowest BCUT2D eigenvalue weighted by Crippen LogP contribution is -2.48. The lowest BCUT2D eigenvalue weighted by Gasteiger charge is -2.39. The molecule has 0 bridgehead atoms. The summed E-state index contributed by atoms with van der Waals surface area (Å²) in [7, 11) is 0. The molecule has 0 aliphatic carbocycles. The van der Waals surface area contributed by atoms with Gasteiger partial charge in [0, 0.05) is 32.7 Å². The maximum atomic E-state index is 4.47. The van der Waals surface area contributed by atoms with Crippen LogP contribution < -0.4 is 0 Å². The van der Waals surface area contributed by atoms with E-state index in [1.54, 1.807) is 0 Å². The Morgan fingerprint density at radius 2 is 1.55 bits per heavy atom. The van der Waals surface area contributed by atoms with Gasteiger partial charge in [-0.3, -0.25) is 9.80 Å². The average Bonchev–Trinajstić information content (AvgIpc) is 3.27. The van der Waals surface area contributed by atoms with E-state index in [1.807, 2.05) is 4.68 Å². The van der Waals surface area contributed by atoms with Crippen LogP contribution in [0.2, 0.25) is 0 Å². The van der Waals surface area contributed by atoms with Crippen molar-refractivity contribution >= 4 is 6.08 Å². The molecular weight excluding hydrogens is 384 g/mol. The molecule has 6 nitrogen and oxygen atoms in total. The summed E-state index contributed by atoms with van der Waals surface area (Å²) in [4.78, 5) is 5.02. The molecule has 31 heavy (non-hydrogen) atoms. The van der Waals surface area contributed by atoms with Gasteiger partial charge in [-0.25, -0.2) is 4.68 Å². The van der Waals surface area contributed by atoms with E-state index in [9.17, 15) is 0 Å². The second-order valence-corrected chi connectivity index (χ2v) is 9.08. The third-order valence-corrected chi connectivity index (χ3v) is 5.73. The monoisotopic (exact) mass is 416 g/mol. The minimum absolute atomic E-state index is 0.0532. The first-order chi connectivity index (χ1) is 15.0. The highest BCUT2D eigenvalue weighted by Crippen LogP contribution is 2.30. The molecule has 3 aromatic rings. The van der Waals surface area contributed by atoms with E-state index in [0.29, 0.717) is 0 Å². The number of hydrogen-bond donors (Lipinski definition) is 0. The molecule has 2 heterocycles. The van der Waals surface area contributed by atoms with Crippen LogP contribution >= 0.6 is 0 Å². The number of rotatable bonds is 6. The molecule has 0 saturated carbocycles. The van der Waals surface area contributed by atoms with Crippen LogP contribution in [0, 0.1) is 0 Å². The van der Waals surface area contributed by atoms with Crippen molar-refractivity contribution in [1.82, 2.24) is 30.0 Å². The zero-order valence-electron chi connectivity index (χ0n) is 18.7. The molecular formula is C25H32N6. The van der Waals surface area contributed by atoms with E-state index in [2.05, 4.69) is 119 Å². The van der Waals surface area contributed by atoms with Crippen LogP contribution in [0.1, 0.15) is 43.8 Å². The van der Waals surface area contributed by atoms with Crippen molar-refractivity contribution in [3.05, 3.63) is 83.7 Å². The number of nitrogens with zero attached hydrogens (tertiary/aromatic N) is 6. The van der Waals surface area contributed by atoms with Gasteiger partial charge in [-0.1, -0.05) is 72.8 Å². The number of benzene rings is 2. The van der Waals surface area contributed by atoms with Crippen molar-refractivity contribution in [3.8, 4) is 0 Å². The fourth-order valence-electron chi connectivity index (χ4n) is 4.11. The maximum Gasteiger partial charge on any atom is 0.173 e. The highest BCUT2D eigenvalue weighted by atomic mass is 15.6. The molecule has 0 radical (unpaired) electrons. The van der Waals surface area contributed by atoms with Gasteiger partial charge in [0.25, 0.3) is 0 Å². The normalized spacial score (nSPS) is 17.3. The minimum Gasteiger partial charge on any atom is -0.297 e. The summed E-state index contributed by atoms with van der Waals surface area (Å²) in [6, 6.07) is 21.1. The Balaban J connectivity index is 1.47. The highest BCUT2D eigenvalue weighted by Gasteiger charge is 2.32. The van der Waals surface area contributed by atoms with Crippen LogP contribution in [0.25, 0.3) is 6.08 Å². The Kier molecular flexibility index (Phi) is 6.59. The zero-order chi connectivity index (χ0) is 21.7. The quantitative estimate of drug-likeness (QED) is 0.611. The van der Waals surface area contributed by atoms with Crippen molar-refractivity contribution < 1.29 is 0 Å². The van der Waals surface area contributed by atoms with E-state index >= 15 is 0 Å². The van der Waals surface area contributed by atoms with Crippen molar-refractivity contribution in [2.75, 3.05) is 32.7 Å². The first-order valence-electron chi connectivity index (χ1n) is 11.0. The lowest BCUT2D eigenvalue weighted by atomic mass is 10.0. The Morgan fingerprint density at radius 3 is 2.19 bits per heavy atom. The van der Waals surface area contributed by atoms with Crippen LogP contribution in [0.5, 0.6) is 0 Å². The van der Waals surface area contributed by atoms with E-state index in [4.69, 9.17) is 0 Å². The molecule has 0 spiro atoms. The Hall–Kier alpha value is -2.83. The summed E-state index contributed by atoms with van der Waals surface area (Å²) in [5.74, 6) is 0.913. The molecule has 2 aromatic carbocycles. The first kappa shape index (κ1) is 21.4. The third-order valence-electron chi connectivity index (χ3n) is 5.73. The predicted octanol–water partition coefficient (Wildman–Crippen LogP) is 3.85. The molecule has 6 heteroatoms. The zero-order valence-corrected chi connectivity index (χ0v) is 18.7. The summed E-state index contributed by atoms with van der Waals surface area (Å²) >= 11 is 0. The number of hydrogen-bond acceptors (Lipinski definition) is 5. The summed E-state index contributed by atoms with van der Waals surface area (Å²) in [5.41, 5.74) is 2.31.